The predicted octanol–water partition coefficient (Wildman–Crippen LogP) is 4.09. The largest absolute Gasteiger partial charge is 0.477 e. The lowest BCUT2D eigenvalue weighted by atomic mass is 9.88. The summed E-state index contributed by atoms with van der Waals surface area (Å²) in [5.41, 5.74) is 2.37. The zero-order valence-corrected chi connectivity index (χ0v) is 15.2. The van der Waals surface area contributed by atoms with Gasteiger partial charge in [0.25, 0.3) is 0 Å². The monoisotopic (exact) mass is 361 g/mol. The highest BCUT2D eigenvalue weighted by molar-refractivity contribution is 8.01. The summed E-state index contributed by atoms with van der Waals surface area (Å²) >= 11 is 3.04. The first-order valence-electron chi connectivity index (χ1n) is 7.97. The number of aromatic carboxylic acids is 1. The molecule has 0 bridgehead atoms. The SMILES string of the molecule is CN(C)CC1CC2c3ccccc3Sc3sc(C(=O)O)cc3C2O1. The molecule has 3 unspecified atom stereocenters. The van der Waals surface area contributed by atoms with Gasteiger partial charge in [0.2, 0.25) is 0 Å². The van der Waals surface area contributed by atoms with Gasteiger partial charge in [0, 0.05) is 22.9 Å². The minimum Gasteiger partial charge on any atom is -0.477 e. The van der Waals surface area contributed by atoms with Crippen LogP contribution in [-0.4, -0.2) is 42.7 Å². The van der Waals surface area contributed by atoms with Crippen molar-refractivity contribution in [3.63, 3.8) is 0 Å². The number of carboxylic acid groups (broad SMARTS) is 1. The van der Waals surface area contributed by atoms with Crippen molar-refractivity contribution in [1.29, 1.82) is 0 Å². The number of nitrogens with zero attached hydrogens (tertiary/aromatic N) is 1. The Morgan fingerprint density at radius 1 is 1.33 bits per heavy atom. The van der Waals surface area contributed by atoms with Crippen LogP contribution in [0.5, 0.6) is 0 Å². The van der Waals surface area contributed by atoms with Crippen LogP contribution in [0.2, 0.25) is 0 Å². The van der Waals surface area contributed by atoms with Gasteiger partial charge in [-0.25, -0.2) is 4.79 Å². The van der Waals surface area contributed by atoms with Crippen LogP contribution >= 0.6 is 23.1 Å². The van der Waals surface area contributed by atoms with Crippen molar-refractivity contribution in [1.82, 2.24) is 4.90 Å². The summed E-state index contributed by atoms with van der Waals surface area (Å²) in [6.07, 6.45) is 1.09. The highest BCUT2D eigenvalue weighted by Crippen LogP contribution is 2.55. The van der Waals surface area contributed by atoms with Crippen LogP contribution in [0.25, 0.3) is 0 Å². The van der Waals surface area contributed by atoms with E-state index in [1.165, 1.54) is 21.8 Å². The molecule has 126 valence electrons. The number of carboxylic acids is 1. The number of rotatable bonds is 3. The van der Waals surface area contributed by atoms with Gasteiger partial charge in [0.15, 0.2) is 0 Å². The molecule has 24 heavy (non-hydrogen) atoms. The topological polar surface area (TPSA) is 49.8 Å². The van der Waals surface area contributed by atoms with Crippen molar-refractivity contribution in [2.24, 2.45) is 0 Å². The van der Waals surface area contributed by atoms with E-state index in [4.69, 9.17) is 4.74 Å². The van der Waals surface area contributed by atoms with Crippen molar-refractivity contribution in [2.75, 3.05) is 20.6 Å². The molecule has 2 aliphatic rings. The molecule has 1 aromatic carbocycles. The Balaban J connectivity index is 1.79. The standard InChI is InChI=1S/C18H19NO3S2/c1-19(2)9-10-7-12-11-5-3-4-6-14(11)23-18-13(16(12)22-10)8-15(24-18)17(20)21/h3-6,8,10,12,16H,7,9H2,1-2H3,(H,20,21). The van der Waals surface area contributed by atoms with Gasteiger partial charge in [-0.2, -0.15) is 0 Å². The number of benzene rings is 1. The van der Waals surface area contributed by atoms with Crippen LogP contribution in [0, 0.1) is 0 Å². The highest BCUT2D eigenvalue weighted by Gasteiger charge is 2.42. The van der Waals surface area contributed by atoms with Gasteiger partial charge in [-0.05, 0) is 38.2 Å². The number of hydrogen-bond acceptors (Lipinski definition) is 5. The van der Waals surface area contributed by atoms with E-state index in [0.29, 0.717) is 4.88 Å². The van der Waals surface area contributed by atoms with E-state index in [9.17, 15) is 9.90 Å². The molecule has 1 saturated heterocycles. The summed E-state index contributed by atoms with van der Waals surface area (Å²) in [4.78, 5) is 15.2. The Hall–Kier alpha value is -1.34. The third-order valence-corrected chi connectivity index (χ3v) is 7.00. The summed E-state index contributed by atoms with van der Waals surface area (Å²) in [5.74, 6) is -0.572. The van der Waals surface area contributed by atoms with Crippen molar-refractivity contribution in [3.8, 4) is 0 Å². The predicted molar refractivity (Wildman–Crippen MR) is 95.4 cm³/mol. The third-order valence-electron chi connectivity index (χ3n) is 4.55. The van der Waals surface area contributed by atoms with Gasteiger partial charge in [0.1, 0.15) is 4.88 Å². The second-order valence-corrected chi connectivity index (χ2v) is 8.94. The highest BCUT2D eigenvalue weighted by atomic mass is 32.2. The van der Waals surface area contributed by atoms with E-state index in [-0.39, 0.29) is 18.1 Å². The maximum absolute atomic E-state index is 11.4. The smallest absolute Gasteiger partial charge is 0.345 e. The fraction of sp³-hybridized carbons (Fsp3) is 0.389. The van der Waals surface area contributed by atoms with Gasteiger partial charge in [-0.15, -0.1) is 11.3 Å². The number of hydrogen-bond donors (Lipinski definition) is 1. The molecule has 0 spiro atoms. The first-order chi connectivity index (χ1) is 11.5. The molecular formula is C18H19NO3S2. The molecule has 6 heteroatoms. The van der Waals surface area contributed by atoms with E-state index in [1.807, 2.05) is 12.1 Å². The van der Waals surface area contributed by atoms with Gasteiger partial charge in [-0.3, -0.25) is 0 Å². The molecule has 1 N–H and O–H groups in total. The maximum Gasteiger partial charge on any atom is 0.345 e. The van der Waals surface area contributed by atoms with Crippen molar-refractivity contribution in [2.45, 2.75) is 33.7 Å². The van der Waals surface area contributed by atoms with E-state index >= 15 is 0 Å². The molecule has 1 aromatic heterocycles. The normalized spacial score (nSPS) is 25.0. The number of carbonyl (C=O) groups is 1. The van der Waals surface area contributed by atoms with Gasteiger partial charge in [-0.1, -0.05) is 30.0 Å². The second-order valence-electron chi connectivity index (χ2n) is 6.58. The summed E-state index contributed by atoms with van der Waals surface area (Å²) < 4.78 is 7.44. The Morgan fingerprint density at radius 3 is 2.88 bits per heavy atom. The second kappa shape index (κ2) is 6.19. The van der Waals surface area contributed by atoms with Crippen LogP contribution in [0.4, 0.5) is 0 Å². The van der Waals surface area contributed by atoms with Crippen LogP contribution in [0.3, 0.4) is 0 Å². The number of thiophene rings is 1. The minimum absolute atomic E-state index is 0.0505. The molecule has 4 rings (SSSR count). The van der Waals surface area contributed by atoms with Crippen molar-refractivity contribution in [3.05, 3.63) is 46.3 Å². The van der Waals surface area contributed by atoms with Crippen molar-refractivity contribution < 1.29 is 14.6 Å². The molecule has 4 nitrogen and oxygen atoms in total. The lowest BCUT2D eigenvalue weighted by molar-refractivity contribution is 0.0263. The van der Waals surface area contributed by atoms with E-state index in [2.05, 4.69) is 37.2 Å². The summed E-state index contributed by atoms with van der Waals surface area (Å²) in [6.45, 7) is 0.883. The van der Waals surface area contributed by atoms with Crippen LogP contribution in [-0.2, 0) is 4.74 Å². The van der Waals surface area contributed by atoms with Crippen LogP contribution < -0.4 is 0 Å². The van der Waals surface area contributed by atoms with E-state index in [0.717, 1.165) is 22.7 Å². The quantitative estimate of drug-likeness (QED) is 0.892. The Labute approximate surface area is 149 Å². The number of ether oxygens (including phenoxy) is 1. The van der Waals surface area contributed by atoms with Gasteiger partial charge in [0.05, 0.1) is 16.4 Å². The van der Waals surface area contributed by atoms with E-state index < -0.39 is 5.97 Å². The van der Waals surface area contributed by atoms with Crippen LogP contribution in [0.1, 0.15) is 39.2 Å². The molecule has 1 fully saturated rings. The molecule has 3 heterocycles. The summed E-state index contributed by atoms with van der Waals surface area (Å²) in [6, 6.07) is 10.3. The first kappa shape index (κ1) is 16.1. The lowest BCUT2D eigenvalue weighted by Crippen LogP contribution is -2.25. The fourth-order valence-corrected chi connectivity index (χ4v) is 6.07. The minimum atomic E-state index is -0.860. The average molecular weight is 361 g/mol. The summed E-state index contributed by atoms with van der Waals surface area (Å²) in [5, 5.41) is 9.36. The molecule has 0 amide bonds. The molecule has 2 aromatic rings. The Morgan fingerprint density at radius 2 is 2.12 bits per heavy atom. The van der Waals surface area contributed by atoms with Gasteiger partial charge < -0.3 is 14.7 Å². The zero-order valence-electron chi connectivity index (χ0n) is 13.6. The lowest BCUT2D eigenvalue weighted by Gasteiger charge is -2.18. The van der Waals surface area contributed by atoms with Crippen molar-refractivity contribution >= 4 is 29.1 Å². The molecule has 3 atom stereocenters. The molecule has 0 radical (unpaired) electrons. The maximum atomic E-state index is 11.4. The number of fused-ring (bicyclic) bond motifs is 5. The zero-order chi connectivity index (χ0) is 16.8. The molecule has 2 aliphatic heterocycles. The summed E-state index contributed by atoms with van der Waals surface area (Å²) in [7, 11) is 4.11. The Kier molecular flexibility index (Phi) is 4.16. The molecule has 0 saturated carbocycles. The fourth-order valence-electron chi connectivity index (χ4n) is 3.62. The third kappa shape index (κ3) is 2.77. The van der Waals surface area contributed by atoms with Gasteiger partial charge >= 0.3 is 5.97 Å². The average Bonchev–Trinajstić information content (AvgIpc) is 3.09. The Bertz CT molecular complexity index is 786. The molecule has 0 aliphatic carbocycles. The number of likely N-dealkylation sites (N-methyl/N-ethyl adjacent to an activating group) is 1. The van der Waals surface area contributed by atoms with E-state index in [1.54, 1.807) is 11.8 Å². The van der Waals surface area contributed by atoms with Crippen LogP contribution in [0.15, 0.2) is 39.4 Å². The molecular weight excluding hydrogens is 342 g/mol. The first-order valence-corrected chi connectivity index (χ1v) is 9.60.